The molecule has 5 heteroatoms. The summed E-state index contributed by atoms with van der Waals surface area (Å²) in [5.41, 5.74) is 8.61. The SMILES string of the molecule is CCn1nc(C)c(C2(N)CCC(F)(F)CC2)c1C. The van der Waals surface area contributed by atoms with Gasteiger partial charge < -0.3 is 5.73 Å². The van der Waals surface area contributed by atoms with Crippen LogP contribution in [0, 0.1) is 13.8 Å². The molecule has 0 atom stereocenters. The van der Waals surface area contributed by atoms with Gasteiger partial charge in [0, 0.05) is 36.2 Å². The molecule has 0 bridgehead atoms. The first kappa shape index (κ1) is 13.5. The van der Waals surface area contributed by atoms with Crippen molar-refractivity contribution in [3.05, 3.63) is 17.0 Å². The minimum absolute atomic E-state index is 0.125. The highest BCUT2D eigenvalue weighted by Gasteiger charge is 2.44. The zero-order valence-electron chi connectivity index (χ0n) is 11.3. The smallest absolute Gasteiger partial charge is 0.248 e. The van der Waals surface area contributed by atoms with Gasteiger partial charge in [-0.1, -0.05) is 0 Å². The van der Waals surface area contributed by atoms with Crippen LogP contribution in [0.3, 0.4) is 0 Å². The molecule has 3 nitrogen and oxygen atoms in total. The summed E-state index contributed by atoms with van der Waals surface area (Å²) in [5.74, 6) is -2.55. The van der Waals surface area contributed by atoms with E-state index in [1.165, 1.54) is 0 Å². The number of halogens is 2. The molecule has 1 saturated carbocycles. The van der Waals surface area contributed by atoms with E-state index in [-0.39, 0.29) is 12.8 Å². The van der Waals surface area contributed by atoms with Gasteiger partial charge in [-0.15, -0.1) is 0 Å². The Balaban J connectivity index is 2.34. The Morgan fingerprint density at radius 1 is 1.22 bits per heavy atom. The molecule has 0 unspecified atom stereocenters. The van der Waals surface area contributed by atoms with E-state index < -0.39 is 11.5 Å². The summed E-state index contributed by atoms with van der Waals surface area (Å²) >= 11 is 0. The van der Waals surface area contributed by atoms with E-state index in [2.05, 4.69) is 5.10 Å². The molecular formula is C13H21F2N3. The van der Waals surface area contributed by atoms with Gasteiger partial charge in [-0.2, -0.15) is 5.10 Å². The Kier molecular flexibility index (Phi) is 3.21. The number of aryl methyl sites for hydroxylation is 2. The van der Waals surface area contributed by atoms with Gasteiger partial charge in [0.1, 0.15) is 0 Å². The Morgan fingerprint density at radius 2 is 1.78 bits per heavy atom. The molecule has 1 aromatic rings. The molecule has 2 N–H and O–H groups in total. The summed E-state index contributed by atoms with van der Waals surface area (Å²) in [6.07, 6.45) is 0.410. The van der Waals surface area contributed by atoms with Gasteiger partial charge in [-0.05, 0) is 33.6 Å². The van der Waals surface area contributed by atoms with Crippen LogP contribution in [0.1, 0.15) is 49.6 Å². The molecule has 0 saturated heterocycles. The largest absolute Gasteiger partial charge is 0.321 e. The molecular weight excluding hydrogens is 236 g/mol. The summed E-state index contributed by atoms with van der Waals surface area (Å²) in [5, 5.41) is 4.43. The summed E-state index contributed by atoms with van der Waals surface area (Å²) in [6.45, 7) is 6.68. The fourth-order valence-corrected chi connectivity index (χ4v) is 3.04. The van der Waals surface area contributed by atoms with E-state index in [9.17, 15) is 8.78 Å². The number of alkyl halides is 2. The number of nitrogens with two attached hydrogens (primary N) is 1. The van der Waals surface area contributed by atoms with Crippen LogP contribution in [0.5, 0.6) is 0 Å². The molecule has 0 aliphatic heterocycles. The second-order valence-corrected chi connectivity index (χ2v) is 5.37. The van der Waals surface area contributed by atoms with Crippen LogP contribution < -0.4 is 5.73 Å². The molecule has 102 valence electrons. The van der Waals surface area contributed by atoms with Crippen molar-refractivity contribution in [2.24, 2.45) is 5.73 Å². The van der Waals surface area contributed by atoms with Crippen molar-refractivity contribution >= 4 is 0 Å². The second kappa shape index (κ2) is 4.30. The van der Waals surface area contributed by atoms with E-state index >= 15 is 0 Å². The van der Waals surface area contributed by atoms with E-state index in [1.807, 2.05) is 25.5 Å². The van der Waals surface area contributed by atoms with E-state index in [0.29, 0.717) is 12.8 Å². The normalized spacial score (nSPS) is 22.1. The predicted octanol–water partition coefficient (Wildman–Crippen LogP) is 2.88. The third-order valence-corrected chi connectivity index (χ3v) is 4.05. The van der Waals surface area contributed by atoms with Gasteiger partial charge in [0.05, 0.1) is 5.69 Å². The van der Waals surface area contributed by atoms with Crippen LogP contribution in [-0.2, 0) is 12.1 Å². The zero-order valence-corrected chi connectivity index (χ0v) is 11.3. The Morgan fingerprint density at radius 3 is 2.22 bits per heavy atom. The van der Waals surface area contributed by atoms with Crippen molar-refractivity contribution in [3.8, 4) is 0 Å². The molecule has 1 aromatic heterocycles. The molecule has 0 amide bonds. The van der Waals surface area contributed by atoms with Gasteiger partial charge in [0.15, 0.2) is 0 Å². The van der Waals surface area contributed by atoms with Crippen molar-refractivity contribution in [2.75, 3.05) is 0 Å². The fraction of sp³-hybridized carbons (Fsp3) is 0.769. The van der Waals surface area contributed by atoms with Crippen molar-refractivity contribution in [2.45, 2.75) is 64.5 Å². The monoisotopic (exact) mass is 257 g/mol. The van der Waals surface area contributed by atoms with Crippen LogP contribution in [0.25, 0.3) is 0 Å². The van der Waals surface area contributed by atoms with Crippen molar-refractivity contribution in [1.82, 2.24) is 9.78 Å². The topological polar surface area (TPSA) is 43.8 Å². The van der Waals surface area contributed by atoms with Gasteiger partial charge in [-0.3, -0.25) is 4.68 Å². The maximum atomic E-state index is 13.3. The van der Waals surface area contributed by atoms with Crippen LogP contribution >= 0.6 is 0 Å². The molecule has 0 aromatic carbocycles. The van der Waals surface area contributed by atoms with Gasteiger partial charge in [0.25, 0.3) is 0 Å². The van der Waals surface area contributed by atoms with Crippen molar-refractivity contribution in [3.63, 3.8) is 0 Å². The van der Waals surface area contributed by atoms with Crippen LogP contribution in [-0.4, -0.2) is 15.7 Å². The van der Waals surface area contributed by atoms with Crippen LogP contribution in [0.2, 0.25) is 0 Å². The summed E-state index contributed by atoms with van der Waals surface area (Å²) in [7, 11) is 0. The van der Waals surface area contributed by atoms with E-state index in [0.717, 1.165) is 23.5 Å². The van der Waals surface area contributed by atoms with Gasteiger partial charge in [-0.25, -0.2) is 8.78 Å². The number of hydrogen-bond donors (Lipinski definition) is 1. The lowest BCUT2D eigenvalue weighted by Crippen LogP contribution is -2.44. The standard InChI is InChI=1S/C13H21F2N3/c1-4-18-10(3)11(9(2)17-18)12(16)5-7-13(14,15)8-6-12/h4-8,16H2,1-3H3. The maximum Gasteiger partial charge on any atom is 0.248 e. The summed E-state index contributed by atoms with van der Waals surface area (Å²) < 4.78 is 28.4. The minimum atomic E-state index is -2.55. The highest BCUT2D eigenvalue weighted by atomic mass is 19.3. The zero-order chi connectivity index (χ0) is 13.6. The molecule has 0 spiro atoms. The van der Waals surface area contributed by atoms with Crippen molar-refractivity contribution < 1.29 is 8.78 Å². The highest BCUT2D eigenvalue weighted by Crippen LogP contribution is 2.43. The molecule has 18 heavy (non-hydrogen) atoms. The number of hydrogen-bond acceptors (Lipinski definition) is 2. The first-order chi connectivity index (χ1) is 8.29. The molecule has 1 fully saturated rings. The summed E-state index contributed by atoms with van der Waals surface area (Å²) in [6, 6.07) is 0. The molecule has 1 aliphatic rings. The lowest BCUT2D eigenvalue weighted by Gasteiger charge is -2.37. The third-order valence-electron chi connectivity index (χ3n) is 4.05. The average molecular weight is 257 g/mol. The first-order valence-electron chi connectivity index (χ1n) is 6.50. The summed E-state index contributed by atoms with van der Waals surface area (Å²) in [4.78, 5) is 0. The van der Waals surface area contributed by atoms with Gasteiger partial charge >= 0.3 is 0 Å². The molecule has 0 radical (unpaired) electrons. The van der Waals surface area contributed by atoms with Crippen LogP contribution in [0.4, 0.5) is 8.78 Å². The average Bonchev–Trinajstić information content (AvgIpc) is 2.59. The third kappa shape index (κ3) is 2.16. The van der Waals surface area contributed by atoms with Gasteiger partial charge in [0.2, 0.25) is 5.92 Å². The lowest BCUT2D eigenvalue weighted by molar-refractivity contribution is -0.0515. The Labute approximate surface area is 106 Å². The second-order valence-electron chi connectivity index (χ2n) is 5.37. The first-order valence-corrected chi connectivity index (χ1v) is 6.50. The fourth-order valence-electron chi connectivity index (χ4n) is 3.04. The minimum Gasteiger partial charge on any atom is -0.321 e. The predicted molar refractivity (Wildman–Crippen MR) is 66.7 cm³/mol. The quantitative estimate of drug-likeness (QED) is 0.885. The number of nitrogens with zero attached hydrogens (tertiary/aromatic N) is 2. The maximum absolute atomic E-state index is 13.3. The molecule has 2 rings (SSSR count). The van der Waals surface area contributed by atoms with E-state index in [1.54, 1.807) is 0 Å². The van der Waals surface area contributed by atoms with Crippen LogP contribution in [0.15, 0.2) is 0 Å². The Hall–Kier alpha value is -0.970. The Bertz CT molecular complexity index is 441. The molecule has 1 aliphatic carbocycles. The van der Waals surface area contributed by atoms with E-state index in [4.69, 9.17) is 5.73 Å². The number of rotatable bonds is 2. The lowest BCUT2D eigenvalue weighted by atomic mass is 9.75. The number of aromatic nitrogens is 2. The van der Waals surface area contributed by atoms with Crippen molar-refractivity contribution in [1.29, 1.82) is 0 Å². The molecule has 1 heterocycles. The highest BCUT2D eigenvalue weighted by molar-refractivity contribution is 5.33.